The van der Waals surface area contributed by atoms with Crippen LogP contribution in [0, 0.1) is 23.6 Å². The van der Waals surface area contributed by atoms with Gasteiger partial charge in [0.1, 0.15) is 17.3 Å². The first-order valence-electron chi connectivity index (χ1n) is 10.6. The van der Waals surface area contributed by atoms with Crippen LogP contribution in [0.3, 0.4) is 0 Å². The predicted octanol–water partition coefficient (Wildman–Crippen LogP) is 3.00. The summed E-state index contributed by atoms with van der Waals surface area (Å²) < 4.78 is 18.3. The average Bonchev–Trinajstić information content (AvgIpc) is 2.74. The standard InChI is InChI=1S/C22H32FN5O3.CHN/c1-22(2,3)31-21(30)27-12-14-5-4-6-17(11-14)26-13-18(20(25)29)19(24)28-16-9-7-15(23)8-10-16;1-2/h7-10,13-14,17,26H,4-6,11-12H2,1-3H3,(H2,24,28)(H2,25,29)(H,27,30);1H/b18-13+;. The highest BCUT2D eigenvalue weighted by atomic mass is 19.1. The van der Waals surface area contributed by atoms with Crippen LogP contribution in [0.1, 0.15) is 46.5 Å². The molecule has 0 saturated heterocycles. The molecule has 0 spiro atoms. The Balaban J connectivity index is 0.00000265. The lowest BCUT2D eigenvalue weighted by atomic mass is 9.85. The summed E-state index contributed by atoms with van der Waals surface area (Å²) in [6.45, 7) is 9.48. The highest BCUT2D eigenvalue weighted by Gasteiger charge is 2.23. The maximum Gasteiger partial charge on any atom is 0.407 e. The van der Waals surface area contributed by atoms with E-state index in [0.29, 0.717) is 12.2 Å². The van der Waals surface area contributed by atoms with Crippen LogP contribution in [0.5, 0.6) is 0 Å². The lowest BCUT2D eigenvalue weighted by molar-refractivity contribution is -0.114. The van der Waals surface area contributed by atoms with E-state index >= 15 is 0 Å². The fourth-order valence-electron chi connectivity index (χ4n) is 3.36. The van der Waals surface area contributed by atoms with Crippen molar-refractivity contribution >= 4 is 23.5 Å². The lowest BCUT2D eigenvalue weighted by Gasteiger charge is -2.30. The van der Waals surface area contributed by atoms with E-state index in [2.05, 4.69) is 22.2 Å². The zero-order chi connectivity index (χ0) is 25.0. The van der Waals surface area contributed by atoms with E-state index in [1.165, 1.54) is 30.5 Å². The fraction of sp³-hybridized carbons (Fsp3) is 0.478. The fourth-order valence-corrected chi connectivity index (χ4v) is 3.36. The third-order valence-electron chi connectivity index (χ3n) is 4.80. The van der Waals surface area contributed by atoms with Crippen LogP contribution in [0.25, 0.3) is 0 Å². The van der Waals surface area contributed by atoms with Crippen LogP contribution >= 0.6 is 0 Å². The molecule has 9 nitrogen and oxygen atoms in total. The molecule has 2 rings (SSSR count). The molecule has 0 aliphatic heterocycles. The van der Waals surface area contributed by atoms with Crippen LogP contribution < -0.4 is 22.1 Å². The first-order chi connectivity index (χ1) is 15.5. The monoisotopic (exact) mass is 460 g/mol. The number of primary amides is 1. The number of carbonyl (C=O) groups excluding carboxylic acids is 2. The van der Waals surface area contributed by atoms with Crippen molar-refractivity contribution in [2.24, 2.45) is 22.4 Å². The number of hydrogen-bond acceptors (Lipinski definition) is 6. The van der Waals surface area contributed by atoms with Crippen molar-refractivity contribution in [2.45, 2.75) is 58.1 Å². The molecule has 2 atom stereocenters. The highest BCUT2D eigenvalue weighted by molar-refractivity contribution is 6.20. The maximum atomic E-state index is 13.0. The first kappa shape index (κ1) is 27.4. The van der Waals surface area contributed by atoms with E-state index in [9.17, 15) is 14.0 Å². The Morgan fingerprint density at radius 2 is 1.88 bits per heavy atom. The van der Waals surface area contributed by atoms with Crippen molar-refractivity contribution in [2.75, 3.05) is 6.54 Å². The molecule has 180 valence electrons. The van der Waals surface area contributed by atoms with Gasteiger partial charge in [-0.1, -0.05) is 6.42 Å². The van der Waals surface area contributed by atoms with E-state index in [4.69, 9.17) is 21.5 Å². The smallest absolute Gasteiger partial charge is 0.407 e. The Morgan fingerprint density at radius 3 is 2.45 bits per heavy atom. The summed E-state index contributed by atoms with van der Waals surface area (Å²) in [6, 6.07) is 5.53. The molecule has 1 aromatic rings. The van der Waals surface area contributed by atoms with Crippen molar-refractivity contribution in [3.8, 4) is 6.57 Å². The summed E-state index contributed by atoms with van der Waals surface area (Å²) in [6.07, 6.45) is 4.77. The Labute approximate surface area is 194 Å². The SMILES string of the molecule is C#N.CC(C)(C)OC(=O)NCC1CCCC(N/C=C(/C(N)=O)C(N)=Nc2ccc(F)cc2)C1. The number of nitrogens with one attached hydrogen (secondary N) is 2. The number of aliphatic imine (C=N–C) groups is 1. The molecule has 0 aromatic heterocycles. The number of alkyl carbamates (subject to hydrolysis) is 1. The summed E-state index contributed by atoms with van der Waals surface area (Å²) in [5.74, 6) is -0.868. The number of benzene rings is 1. The van der Waals surface area contributed by atoms with Crippen LogP contribution in [-0.2, 0) is 9.53 Å². The lowest BCUT2D eigenvalue weighted by Crippen LogP contribution is -2.39. The molecule has 1 fully saturated rings. The molecule has 1 aliphatic rings. The van der Waals surface area contributed by atoms with Gasteiger partial charge in [-0.25, -0.2) is 19.4 Å². The van der Waals surface area contributed by atoms with Crippen LogP contribution in [0.2, 0.25) is 0 Å². The Hall–Kier alpha value is -3.61. The molecule has 33 heavy (non-hydrogen) atoms. The number of amidine groups is 1. The summed E-state index contributed by atoms with van der Waals surface area (Å²) >= 11 is 0. The minimum Gasteiger partial charge on any atom is -0.444 e. The second-order valence-electron chi connectivity index (χ2n) is 8.67. The second kappa shape index (κ2) is 13.1. The highest BCUT2D eigenvalue weighted by Crippen LogP contribution is 2.24. The van der Waals surface area contributed by atoms with Crippen LogP contribution in [0.15, 0.2) is 41.0 Å². The number of nitrogens with two attached hydrogens (primary N) is 2. The molecular formula is C23H33FN6O3. The Morgan fingerprint density at radius 1 is 1.24 bits per heavy atom. The van der Waals surface area contributed by atoms with Gasteiger partial charge in [-0.05, 0) is 70.2 Å². The topological polar surface area (TPSA) is 156 Å². The second-order valence-corrected chi connectivity index (χ2v) is 8.67. The number of rotatable bonds is 7. The van der Waals surface area contributed by atoms with Gasteiger partial charge in [0.05, 0.1) is 11.3 Å². The van der Waals surface area contributed by atoms with Gasteiger partial charge in [0, 0.05) is 25.4 Å². The largest absolute Gasteiger partial charge is 0.444 e. The first-order valence-corrected chi connectivity index (χ1v) is 10.6. The molecule has 2 unspecified atom stereocenters. The van der Waals surface area contributed by atoms with Gasteiger partial charge in [-0.2, -0.15) is 0 Å². The zero-order valence-corrected chi connectivity index (χ0v) is 19.3. The number of amides is 2. The number of hydrogen-bond donors (Lipinski definition) is 4. The van der Waals surface area contributed by atoms with Crippen molar-refractivity contribution in [3.63, 3.8) is 0 Å². The van der Waals surface area contributed by atoms with E-state index in [-0.39, 0.29) is 23.4 Å². The molecule has 0 radical (unpaired) electrons. The number of nitrogens with zero attached hydrogens (tertiary/aromatic N) is 2. The summed E-state index contributed by atoms with van der Waals surface area (Å²) in [4.78, 5) is 27.8. The Bertz CT molecular complexity index is 874. The maximum absolute atomic E-state index is 13.0. The van der Waals surface area contributed by atoms with Crippen LogP contribution in [-0.4, -0.2) is 36.0 Å². The number of ether oxygens (including phenoxy) is 1. The van der Waals surface area contributed by atoms with E-state index in [1.54, 1.807) is 0 Å². The number of halogens is 1. The molecule has 1 aromatic carbocycles. The van der Waals surface area contributed by atoms with Gasteiger partial charge >= 0.3 is 6.09 Å². The van der Waals surface area contributed by atoms with Gasteiger partial charge in [0.15, 0.2) is 0 Å². The van der Waals surface area contributed by atoms with E-state index in [0.717, 1.165) is 25.7 Å². The normalized spacial score (nSPS) is 19.0. The molecule has 0 bridgehead atoms. The summed E-state index contributed by atoms with van der Waals surface area (Å²) in [7, 11) is 0. The third-order valence-corrected chi connectivity index (χ3v) is 4.80. The predicted molar refractivity (Wildman–Crippen MR) is 125 cm³/mol. The zero-order valence-electron chi connectivity index (χ0n) is 19.3. The van der Waals surface area contributed by atoms with Gasteiger partial charge in [-0.3, -0.25) is 4.79 Å². The number of carbonyl (C=O) groups is 2. The molecular weight excluding hydrogens is 427 g/mol. The molecule has 2 amide bonds. The van der Waals surface area contributed by atoms with Gasteiger partial charge in [-0.15, -0.1) is 0 Å². The van der Waals surface area contributed by atoms with Crippen molar-refractivity contribution in [1.29, 1.82) is 5.26 Å². The molecule has 10 heteroatoms. The van der Waals surface area contributed by atoms with Crippen molar-refractivity contribution < 1.29 is 18.7 Å². The van der Waals surface area contributed by atoms with Crippen LogP contribution in [0.4, 0.5) is 14.9 Å². The molecule has 0 heterocycles. The van der Waals surface area contributed by atoms with Gasteiger partial charge in [0.2, 0.25) is 0 Å². The quantitative estimate of drug-likeness (QED) is 0.278. The minimum absolute atomic E-state index is 0.0504. The average molecular weight is 461 g/mol. The third kappa shape index (κ3) is 10.5. The van der Waals surface area contributed by atoms with Crippen molar-refractivity contribution in [3.05, 3.63) is 41.9 Å². The molecule has 6 N–H and O–H groups in total. The summed E-state index contributed by atoms with van der Waals surface area (Å²) in [5, 5.41) is 12.5. The molecule has 1 aliphatic carbocycles. The van der Waals surface area contributed by atoms with E-state index in [1.807, 2.05) is 20.8 Å². The van der Waals surface area contributed by atoms with E-state index < -0.39 is 23.4 Å². The Kier molecular flexibility index (Phi) is 10.8. The van der Waals surface area contributed by atoms with Gasteiger partial charge < -0.3 is 26.8 Å². The summed E-state index contributed by atoms with van der Waals surface area (Å²) in [5.41, 5.74) is 11.3. The van der Waals surface area contributed by atoms with Crippen molar-refractivity contribution in [1.82, 2.24) is 10.6 Å². The molecule has 1 saturated carbocycles. The number of nitriles is 1. The van der Waals surface area contributed by atoms with Gasteiger partial charge in [0.25, 0.3) is 5.91 Å². The minimum atomic E-state index is -0.713.